The molecule has 114 valence electrons. The Morgan fingerprint density at radius 1 is 1.42 bits per heavy atom. The monoisotopic (exact) mass is 274 g/mol. The van der Waals surface area contributed by atoms with Crippen LogP contribution in [0.3, 0.4) is 0 Å². The van der Waals surface area contributed by atoms with Crippen LogP contribution in [-0.4, -0.2) is 75.8 Å². The lowest BCUT2D eigenvalue weighted by Crippen LogP contribution is -2.48. The summed E-state index contributed by atoms with van der Waals surface area (Å²) in [5.41, 5.74) is 0. The minimum Gasteiger partial charge on any atom is -0.395 e. The second-order valence-electron chi connectivity index (χ2n) is 5.20. The first-order valence-corrected chi connectivity index (χ1v) is 7.45. The number of aliphatic hydroxyl groups is 1. The zero-order chi connectivity index (χ0) is 13.9. The van der Waals surface area contributed by atoms with Gasteiger partial charge < -0.3 is 19.9 Å². The second-order valence-corrected chi connectivity index (χ2v) is 5.20. The zero-order valence-corrected chi connectivity index (χ0v) is 12.4. The lowest BCUT2D eigenvalue weighted by Gasteiger charge is -2.35. The van der Waals surface area contributed by atoms with Crippen LogP contribution in [0.2, 0.25) is 0 Å². The lowest BCUT2D eigenvalue weighted by atomic mass is 9.95. The second kappa shape index (κ2) is 10.6. The first-order valence-electron chi connectivity index (χ1n) is 7.45. The van der Waals surface area contributed by atoms with Crippen molar-refractivity contribution in [3.8, 4) is 0 Å². The molecule has 1 rings (SSSR count). The third kappa shape index (κ3) is 6.68. The van der Waals surface area contributed by atoms with E-state index in [2.05, 4.69) is 17.1 Å². The summed E-state index contributed by atoms with van der Waals surface area (Å²) >= 11 is 0. The largest absolute Gasteiger partial charge is 0.395 e. The molecular formula is C14H30N2O3. The molecule has 0 bridgehead atoms. The molecule has 0 radical (unpaired) electrons. The molecule has 19 heavy (non-hydrogen) atoms. The molecule has 1 saturated heterocycles. The van der Waals surface area contributed by atoms with Crippen LogP contribution in [0.15, 0.2) is 0 Å². The van der Waals surface area contributed by atoms with Crippen LogP contribution in [-0.2, 0) is 9.47 Å². The van der Waals surface area contributed by atoms with Crippen LogP contribution >= 0.6 is 0 Å². The quantitative estimate of drug-likeness (QED) is 0.601. The van der Waals surface area contributed by atoms with Gasteiger partial charge in [0.05, 0.1) is 19.8 Å². The van der Waals surface area contributed by atoms with E-state index in [1.807, 2.05) is 0 Å². The van der Waals surface area contributed by atoms with Gasteiger partial charge >= 0.3 is 0 Å². The summed E-state index contributed by atoms with van der Waals surface area (Å²) in [6.07, 6.45) is 2.25. The van der Waals surface area contributed by atoms with Gasteiger partial charge in [-0.3, -0.25) is 4.90 Å². The maximum atomic E-state index is 9.14. The Labute approximate surface area is 117 Å². The van der Waals surface area contributed by atoms with Crippen molar-refractivity contribution in [2.24, 2.45) is 5.92 Å². The van der Waals surface area contributed by atoms with Crippen molar-refractivity contribution < 1.29 is 14.6 Å². The number of ether oxygens (including phenoxy) is 2. The van der Waals surface area contributed by atoms with Crippen LogP contribution < -0.4 is 5.32 Å². The number of nitrogens with zero attached hydrogens (tertiary/aromatic N) is 1. The molecule has 0 aromatic carbocycles. The van der Waals surface area contributed by atoms with Crippen LogP contribution in [0.5, 0.6) is 0 Å². The van der Waals surface area contributed by atoms with E-state index in [1.54, 1.807) is 7.11 Å². The standard InChI is InChI=1S/C14H30N2O3/c1-3-5-15-14-4-9-19-12-13(14)11-16(6-8-17)7-10-18-2/h13-15,17H,3-12H2,1-2H3. The van der Waals surface area contributed by atoms with E-state index in [1.165, 1.54) is 0 Å². The van der Waals surface area contributed by atoms with Gasteiger partial charge in [-0.05, 0) is 19.4 Å². The first-order chi connectivity index (χ1) is 9.31. The zero-order valence-electron chi connectivity index (χ0n) is 12.4. The third-order valence-electron chi connectivity index (χ3n) is 3.65. The van der Waals surface area contributed by atoms with Gasteiger partial charge in [0, 0.05) is 45.3 Å². The summed E-state index contributed by atoms with van der Waals surface area (Å²) < 4.78 is 10.7. The molecule has 1 aliphatic rings. The van der Waals surface area contributed by atoms with Crippen LogP contribution in [0, 0.1) is 5.92 Å². The minimum absolute atomic E-state index is 0.199. The summed E-state index contributed by atoms with van der Waals surface area (Å²) in [6.45, 7) is 8.38. The molecule has 0 spiro atoms. The molecule has 5 nitrogen and oxygen atoms in total. The van der Waals surface area contributed by atoms with Crippen LogP contribution in [0.1, 0.15) is 19.8 Å². The number of methoxy groups -OCH3 is 1. The average molecular weight is 274 g/mol. The van der Waals surface area contributed by atoms with E-state index < -0.39 is 0 Å². The highest BCUT2D eigenvalue weighted by atomic mass is 16.5. The molecule has 0 amide bonds. The molecule has 1 aliphatic heterocycles. The lowest BCUT2D eigenvalue weighted by molar-refractivity contribution is 0.0109. The molecule has 5 heteroatoms. The topological polar surface area (TPSA) is 54.0 Å². The smallest absolute Gasteiger partial charge is 0.0589 e. The maximum absolute atomic E-state index is 9.14. The van der Waals surface area contributed by atoms with E-state index in [4.69, 9.17) is 14.6 Å². The Kier molecular flexibility index (Phi) is 9.38. The van der Waals surface area contributed by atoms with Crippen LogP contribution in [0.25, 0.3) is 0 Å². The van der Waals surface area contributed by atoms with E-state index in [-0.39, 0.29) is 6.61 Å². The van der Waals surface area contributed by atoms with Crippen molar-refractivity contribution in [2.45, 2.75) is 25.8 Å². The average Bonchev–Trinajstić information content (AvgIpc) is 2.44. The Hall–Kier alpha value is -0.200. The van der Waals surface area contributed by atoms with E-state index in [9.17, 15) is 0 Å². The van der Waals surface area contributed by atoms with Gasteiger partial charge in [0.1, 0.15) is 0 Å². The predicted molar refractivity (Wildman–Crippen MR) is 76.4 cm³/mol. The normalized spacial score (nSPS) is 24.0. The summed E-state index contributed by atoms with van der Waals surface area (Å²) in [5.74, 6) is 0.503. The molecule has 0 aliphatic carbocycles. The Bertz CT molecular complexity index is 217. The molecule has 0 aromatic heterocycles. The van der Waals surface area contributed by atoms with Gasteiger partial charge in [-0.2, -0.15) is 0 Å². The van der Waals surface area contributed by atoms with Crippen LogP contribution in [0.4, 0.5) is 0 Å². The molecule has 0 aromatic rings. The fourth-order valence-electron chi connectivity index (χ4n) is 2.56. The van der Waals surface area contributed by atoms with E-state index >= 15 is 0 Å². The van der Waals surface area contributed by atoms with Gasteiger partial charge in [0.2, 0.25) is 0 Å². The van der Waals surface area contributed by atoms with Crippen molar-refractivity contribution in [3.63, 3.8) is 0 Å². The van der Waals surface area contributed by atoms with Gasteiger partial charge in [0.15, 0.2) is 0 Å². The summed E-state index contributed by atoms with van der Waals surface area (Å²) in [5, 5.41) is 12.8. The van der Waals surface area contributed by atoms with Crippen molar-refractivity contribution in [3.05, 3.63) is 0 Å². The molecule has 1 heterocycles. The highest BCUT2D eigenvalue weighted by molar-refractivity contribution is 4.82. The molecule has 2 N–H and O–H groups in total. The molecule has 2 atom stereocenters. The number of aliphatic hydroxyl groups excluding tert-OH is 1. The number of hydrogen-bond acceptors (Lipinski definition) is 5. The fraction of sp³-hybridized carbons (Fsp3) is 1.00. The number of rotatable bonds is 10. The number of nitrogens with one attached hydrogen (secondary N) is 1. The van der Waals surface area contributed by atoms with E-state index in [0.717, 1.165) is 45.7 Å². The highest BCUT2D eigenvalue weighted by Gasteiger charge is 2.26. The molecule has 1 fully saturated rings. The molecule has 2 unspecified atom stereocenters. The van der Waals surface area contributed by atoms with Crippen molar-refractivity contribution in [1.29, 1.82) is 0 Å². The van der Waals surface area contributed by atoms with Gasteiger partial charge in [-0.15, -0.1) is 0 Å². The first kappa shape index (κ1) is 16.9. The Balaban J connectivity index is 2.42. The predicted octanol–water partition coefficient (Wildman–Crippen LogP) is 0.332. The Morgan fingerprint density at radius 2 is 2.26 bits per heavy atom. The van der Waals surface area contributed by atoms with Gasteiger partial charge in [0.25, 0.3) is 0 Å². The summed E-state index contributed by atoms with van der Waals surface area (Å²) in [7, 11) is 1.71. The fourth-order valence-corrected chi connectivity index (χ4v) is 2.56. The molecular weight excluding hydrogens is 244 g/mol. The summed E-state index contributed by atoms with van der Waals surface area (Å²) in [6, 6.07) is 0.539. The summed E-state index contributed by atoms with van der Waals surface area (Å²) in [4.78, 5) is 2.27. The highest BCUT2D eigenvalue weighted by Crippen LogP contribution is 2.16. The van der Waals surface area contributed by atoms with E-state index in [0.29, 0.717) is 25.1 Å². The maximum Gasteiger partial charge on any atom is 0.0589 e. The van der Waals surface area contributed by atoms with Gasteiger partial charge in [-0.1, -0.05) is 6.92 Å². The minimum atomic E-state index is 0.199. The van der Waals surface area contributed by atoms with Crippen molar-refractivity contribution in [2.75, 3.05) is 59.7 Å². The van der Waals surface area contributed by atoms with Crippen molar-refractivity contribution in [1.82, 2.24) is 10.2 Å². The van der Waals surface area contributed by atoms with Crippen molar-refractivity contribution >= 4 is 0 Å². The number of hydrogen-bond donors (Lipinski definition) is 2. The van der Waals surface area contributed by atoms with Gasteiger partial charge in [-0.25, -0.2) is 0 Å². The third-order valence-corrected chi connectivity index (χ3v) is 3.65. The molecule has 0 saturated carbocycles. The Morgan fingerprint density at radius 3 is 2.95 bits per heavy atom. The SMILES string of the molecule is CCCNC1CCOCC1CN(CCO)CCOC.